The normalized spacial score (nSPS) is 17.2. The Morgan fingerprint density at radius 1 is 1.29 bits per heavy atom. The van der Waals surface area contributed by atoms with Crippen molar-refractivity contribution in [3.8, 4) is 0 Å². The molecular weight excluding hydrogens is 432 g/mol. The van der Waals surface area contributed by atoms with Crippen molar-refractivity contribution in [1.29, 1.82) is 0 Å². The summed E-state index contributed by atoms with van der Waals surface area (Å²) in [5.74, 6) is 0.0442. The first-order chi connectivity index (χ1) is 14.7. The van der Waals surface area contributed by atoms with Crippen LogP contribution in [0.25, 0.3) is 11.0 Å². The van der Waals surface area contributed by atoms with Crippen molar-refractivity contribution in [2.45, 2.75) is 61.5 Å². The molecular formula is C22H26N4O3S2. The lowest BCUT2D eigenvalue weighted by Crippen LogP contribution is -2.40. The van der Waals surface area contributed by atoms with Gasteiger partial charge in [-0.05, 0) is 56.5 Å². The van der Waals surface area contributed by atoms with E-state index in [0.29, 0.717) is 10.7 Å². The molecule has 0 saturated heterocycles. The fraction of sp³-hybridized carbons (Fsp3) is 0.364. The number of sulfonamides is 1. The number of fused-ring (bicyclic) bond motifs is 2. The molecule has 1 aliphatic rings. The molecule has 0 aliphatic carbocycles. The summed E-state index contributed by atoms with van der Waals surface area (Å²) in [6, 6.07) is 12.9. The van der Waals surface area contributed by atoms with Crippen molar-refractivity contribution in [1.82, 2.24) is 9.55 Å². The summed E-state index contributed by atoms with van der Waals surface area (Å²) in [6.07, 6.45) is 1.73. The zero-order valence-electron chi connectivity index (χ0n) is 17.8. The second-order valence-electron chi connectivity index (χ2n) is 7.89. The third-order valence-electron chi connectivity index (χ3n) is 5.54. The van der Waals surface area contributed by atoms with Gasteiger partial charge >= 0.3 is 0 Å². The van der Waals surface area contributed by atoms with Gasteiger partial charge in [-0.1, -0.05) is 36.9 Å². The van der Waals surface area contributed by atoms with E-state index in [-0.39, 0.29) is 22.1 Å². The minimum Gasteiger partial charge on any atom is -0.319 e. The van der Waals surface area contributed by atoms with Gasteiger partial charge in [0.25, 0.3) is 0 Å². The molecule has 2 atom stereocenters. The summed E-state index contributed by atoms with van der Waals surface area (Å²) in [6.45, 7) is 6.75. The molecule has 0 spiro atoms. The number of amides is 1. The van der Waals surface area contributed by atoms with Crippen molar-refractivity contribution in [3.63, 3.8) is 0 Å². The molecule has 2 N–H and O–H groups in total. The fourth-order valence-corrected chi connectivity index (χ4v) is 5.63. The van der Waals surface area contributed by atoms with Crippen LogP contribution in [-0.2, 0) is 27.8 Å². The maximum atomic E-state index is 13.4. The SMILES string of the molecule is CCCn1c(SC(C)C(=O)N2c3ccccc3CC2C)nc2cc(S(N)(=O)=O)ccc21. The summed E-state index contributed by atoms with van der Waals surface area (Å²) in [7, 11) is -3.81. The van der Waals surface area contributed by atoms with Crippen molar-refractivity contribution < 1.29 is 13.2 Å². The lowest BCUT2D eigenvalue weighted by molar-refractivity contribution is -0.118. The average molecular weight is 459 g/mol. The summed E-state index contributed by atoms with van der Waals surface area (Å²) in [4.78, 5) is 19.9. The third kappa shape index (κ3) is 4.09. The third-order valence-corrected chi connectivity index (χ3v) is 7.52. The lowest BCUT2D eigenvalue weighted by atomic mass is 10.1. The number of primary sulfonamides is 1. The van der Waals surface area contributed by atoms with Gasteiger partial charge in [0.15, 0.2) is 5.16 Å². The highest BCUT2D eigenvalue weighted by atomic mass is 32.2. The van der Waals surface area contributed by atoms with Crippen molar-refractivity contribution in [3.05, 3.63) is 48.0 Å². The number of hydrogen-bond donors (Lipinski definition) is 1. The van der Waals surface area contributed by atoms with Crippen molar-refractivity contribution in [2.75, 3.05) is 4.90 Å². The highest BCUT2D eigenvalue weighted by Gasteiger charge is 2.34. The smallest absolute Gasteiger partial charge is 0.240 e. The highest BCUT2D eigenvalue weighted by molar-refractivity contribution is 8.00. The van der Waals surface area contributed by atoms with Gasteiger partial charge in [0.2, 0.25) is 15.9 Å². The Balaban J connectivity index is 1.66. The van der Waals surface area contributed by atoms with Crippen molar-refractivity contribution >= 4 is 44.4 Å². The molecule has 2 heterocycles. The van der Waals surface area contributed by atoms with Gasteiger partial charge in [0, 0.05) is 18.3 Å². The first-order valence-corrected chi connectivity index (χ1v) is 12.7. The van der Waals surface area contributed by atoms with Crippen molar-refractivity contribution in [2.24, 2.45) is 5.14 Å². The van der Waals surface area contributed by atoms with Crippen LogP contribution < -0.4 is 10.0 Å². The average Bonchev–Trinajstić information content (AvgIpc) is 3.23. The molecule has 164 valence electrons. The monoisotopic (exact) mass is 458 g/mol. The molecule has 9 heteroatoms. The molecule has 3 aromatic rings. The van der Waals surface area contributed by atoms with Crippen LogP contribution in [0.3, 0.4) is 0 Å². The molecule has 2 unspecified atom stereocenters. The standard InChI is InChI=1S/C22H26N4O3S2/c1-4-11-25-20-10-9-17(31(23,28)29)13-18(20)24-22(25)30-15(3)21(27)26-14(2)12-16-7-5-6-8-19(16)26/h5-10,13-15H,4,11-12H2,1-3H3,(H2,23,28,29). The topological polar surface area (TPSA) is 98.3 Å². The van der Waals surface area contributed by atoms with E-state index in [2.05, 4.69) is 24.9 Å². The Morgan fingerprint density at radius 2 is 2.03 bits per heavy atom. The zero-order valence-corrected chi connectivity index (χ0v) is 19.4. The number of benzene rings is 2. The first kappa shape index (κ1) is 21.9. The molecule has 0 fully saturated rings. The van der Waals surface area contributed by atoms with Crippen LogP contribution in [-0.4, -0.2) is 35.2 Å². The number of imidazole rings is 1. The quantitative estimate of drug-likeness (QED) is 0.570. The number of anilines is 1. The van der Waals surface area contributed by atoms with E-state index in [4.69, 9.17) is 5.14 Å². The highest BCUT2D eigenvalue weighted by Crippen LogP contribution is 2.35. The second kappa shape index (κ2) is 8.29. The predicted molar refractivity (Wildman–Crippen MR) is 124 cm³/mol. The van der Waals surface area contributed by atoms with Crippen LogP contribution in [0.1, 0.15) is 32.8 Å². The van der Waals surface area contributed by atoms with Crippen LogP contribution in [0.5, 0.6) is 0 Å². The number of thioether (sulfide) groups is 1. The number of carbonyl (C=O) groups excluding carboxylic acids is 1. The van der Waals surface area contributed by atoms with Gasteiger partial charge in [-0.2, -0.15) is 0 Å². The van der Waals surface area contributed by atoms with E-state index in [0.717, 1.165) is 30.6 Å². The fourth-order valence-electron chi connectivity index (χ4n) is 4.10. The van der Waals surface area contributed by atoms with Crippen LogP contribution in [0, 0.1) is 0 Å². The van der Waals surface area contributed by atoms with Gasteiger partial charge in [-0.15, -0.1) is 0 Å². The molecule has 4 rings (SSSR count). The Hall–Kier alpha value is -2.36. The van der Waals surface area contributed by atoms with Crippen LogP contribution in [0.15, 0.2) is 52.5 Å². The number of carbonyl (C=O) groups is 1. The predicted octanol–water partition coefficient (Wildman–Crippen LogP) is 3.55. The lowest BCUT2D eigenvalue weighted by Gasteiger charge is -2.25. The summed E-state index contributed by atoms with van der Waals surface area (Å²) < 4.78 is 25.5. The maximum Gasteiger partial charge on any atom is 0.240 e. The van der Waals surface area contributed by atoms with Gasteiger partial charge in [0.05, 0.1) is 21.2 Å². The van der Waals surface area contributed by atoms with E-state index < -0.39 is 10.0 Å². The van der Waals surface area contributed by atoms with Gasteiger partial charge in [0.1, 0.15) is 0 Å². The molecule has 31 heavy (non-hydrogen) atoms. The van der Waals surface area contributed by atoms with Gasteiger partial charge in [-0.25, -0.2) is 18.5 Å². The Kier molecular flexibility index (Phi) is 5.85. The van der Waals surface area contributed by atoms with E-state index in [1.54, 1.807) is 6.07 Å². The largest absolute Gasteiger partial charge is 0.319 e. The van der Waals surface area contributed by atoms with E-state index >= 15 is 0 Å². The van der Waals surface area contributed by atoms with Crippen LogP contribution in [0.2, 0.25) is 0 Å². The van der Waals surface area contributed by atoms with E-state index in [9.17, 15) is 13.2 Å². The number of nitrogens with zero attached hydrogens (tertiary/aromatic N) is 3. The molecule has 0 bridgehead atoms. The number of aromatic nitrogens is 2. The molecule has 1 amide bonds. The second-order valence-corrected chi connectivity index (χ2v) is 10.8. The molecule has 1 aromatic heterocycles. The molecule has 0 saturated carbocycles. The maximum absolute atomic E-state index is 13.4. The van der Waals surface area contributed by atoms with Gasteiger partial charge in [-0.3, -0.25) is 4.79 Å². The minimum absolute atomic E-state index is 0.0318. The number of aryl methyl sites for hydroxylation is 1. The molecule has 0 radical (unpaired) electrons. The Labute approximate surface area is 186 Å². The van der Waals surface area contributed by atoms with Crippen LogP contribution in [0.4, 0.5) is 5.69 Å². The zero-order chi connectivity index (χ0) is 22.3. The Bertz CT molecular complexity index is 1250. The first-order valence-electron chi connectivity index (χ1n) is 10.3. The van der Waals surface area contributed by atoms with Crippen LogP contribution >= 0.6 is 11.8 Å². The Morgan fingerprint density at radius 3 is 2.74 bits per heavy atom. The minimum atomic E-state index is -3.81. The number of rotatable bonds is 6. The molecule has 2 aromatic carbocycles. The number of hydrogen-bond acceptors (Lipinski definition) is 5. The van der Waals surface area contributed by atoms with Gasteiger partial charge < -0.3 is 9.47 Å². The summed E-state index contributed by atoms with van der Waals surface area (Å²) >= 11 is 1.40. The molecule has 7 nitrogen and oxygen atoms in total. The van der Waals surface area contributed by atoms with E-state index in [1.165, 1.54) is 29.5 Å². The summed E-state index contributed by atoms with van der Waals surface area (Å²) in [5.41, 5.74) is 3.56. The number of para-hydroxylation sites is 1. The number of nitrogens with two attached hydrogens (primary N) is 1. The summed E-state index contributed by atoms with van der Waals surface area (Å²) in [5, 5.41) is 5.63. The molecule has 1 aliphatic heterocycles. The van der Waals surface area contributed by atoms with E-state index in [1.807, 2.05) is 34.6 Å².